The number of amides is 1. The Morgan fingerprint density at radius 2 is 1.92 bits per heavy atom. The zero-order valence-electron chi connectivity index (χ0n) is 7.88. The highest BCUT2D eigenvalue weighted by molar-refractivity contribution is 5.85. The predicted molar refractivity (Wildman–Crippen MR) is 51.7 cm³/mol. The fraction of sp³-hybridized carbons (Fsp3) is 0.700. The summed E-state index contributed by atoms with van der Waals surface area (Å²) in [5.41, 5.74) is 4.93. The van der Waals surface area contributed by atoms with Crippen LogP contribution in [0.25, 0.3) is 0 Å². The van der Waals surface area contributed by atoms with E-state index in [2.05, 4.69) is 6.92 Å². The molecule has 0 unspecified atom stereocenters. The quantitative estimate of drug-likeness (QED) is 0.461. The van der Waals surface area contributed by atoms with Crippen LogP contribution in [0.1, 0.15) is 45.4 Å². The van der Waals surface area contributed by atoms with Crippen molar-refractivity contribution >= 4 is 5.91 Å². The molecule has 0 radical (unpaired) electrons. The fourth-order valence-electron chi connectivity index (χ4n) is 1.07. The van der Waals surface area contributed by atoms with Crippen molar-refractivity contribution in [2.24, 2.45) is 5.73 Å². The third kappa shape index (κ3) is 9.21. The molecule has 0 aliphatic heterocycles. The van der Waals surface area contributed by atoms with Crippen LogP contribution < -0.4 is 5.73 Å². The van der Waals surface area contributed by atoms with Gasteiger partial charge in [0.2, 0.25) is 5.91 Å². The van der Waals surface area contributed by atoms with Gasteiger partial charge in [0.1, 0.15) is 0 Å². The zero-order chi connectivity index (χ0) is 9.23. The minimum atomic E-state index is -0.344. The van der Waals surface area contributed by atoms with Gasteiger partial charge in [-0.1, -0.05) is 38.7 Å². The summed E-state index contributed by atoms with van der Waals surface area (Å²) < 4.78 is 0. The average Bonchev–Trinajstić information content (AvgIpc) is 2.02. The van der Waals surface area contributed by atoms with Crippen molar-refractivity contribution in [2.45, 2.75) is 45.4 Å². The highest BCUT2D eigenvalue weighted by Crippen LogP contribution is 2.04. The van der Waals surface area contributed by atoms with Crippen molar-refractivity contribution in [3.05, 3.63) is 12.2 Å². The van der Waals surface area contributed by atoms with Gasteiger partial charge in [-0.3, -0.25) is 4.79 Å². The van der Waals surface area contributed by atoms with Crippen molar-refractivity contribution in [2.75, 3.05) is 0 Å². The minimum absolute atomic E-state index is 0.344. The molecule has 0 saturated heterocycles. The molecule has 0 atom stereocenters. The first-order valence-electron chi connectivity index (χ1n) is 4.73. The van der Waals surface area contributed by atoms with Crippen LogP contribution in [-0.4, -0.2) is 5.91 Å². The summed E-state index contributed by atoms with van der Waals surface area (Å²) in [4.78, 5) is 10.3. The van der Waals surface area contributed by atoms with Gasteiger partial charge >= 0.3 is 0 Å². The second-order valence-corrected chi connectivity index (χ2v) is 3.01. The van der Waals surface area contributed by atoms with Gasteiger partial charge in [-0.2, -0.15) is 0 Å². The van der Waals surface area contributed by atoms with E-state index in [0.717, 1.165) is 6.42 Å². The van der Waals surface area contributed by atoms with E-state index in [1.54, 1.807) is 0 Å². The number of nitrogens with two attached hydrogens (primary N) is 1. The van der Waals surface area contributed by atoms with E-state index >= 15 is 0 Å². The number of hydrogen-bond acceptors (Lipinski definition) is 1. The third-order valence-electron chi connectivity index (χ3n) is 1.76. The number of rotatable bonds is 7. The Morgan fingerprint density at radius 1 is 1.25 bits per heavy atom. The summed E-state index contributed by atoms with van der Waals surface area (Å²) in [7, 11) is 0. The molecule has 0 aromatic rings. The lowest BCUT2D eigenvalue weighted by atomic mass is 10.1. The van der Waals surface area contributed by atoms with Crippen LogP contribution in [0.2, 0.25) is 0 Å². The monoisotopic (exact) mass is 169 g/mol. The zero-order valence-corrected chi connectivity index (χ0v) is 7.88. The van der Waals surface area contributed by atoms with Crippen LogP contribution in [0.5, 0.6) is 0 Å². The first-order chi connectivity index (χ1) is 5.77. The van der Waals surface area contributed by atoms with Crippen LogP contribution >= 0.6 is 0 Å². The number of hydrogen-bond donors (Lipinski definition) is 1. The number of carbonyl (C=O) groups excluding carboxylic acids is 1. The van der Waals surface area contributed by atoms with Gasteiger partial charge in [-0.15, -0.1) is 0 Å². The molecule has 12 heavy (non-hydrogen) atoms. The third-order valence-corrected chi connectivity index (χ3v) is 1.76. The molecule has 70 valence electrons. The van der Waals surface area contributed by atoms with E-state index in [9.17, 15) is 4.79 Å². The topological polar surface area (TPSA) is 43.1 Å². The summed E-state index contributed by atoms with van der Waals surface area (Å²) >= 11 is 0. The van der Waals surface area contributed by atoms with Gasteiger partial charge in [-0.25, -0.2) is 0 Å². The van der Waals surface area contributed by atoms with Crippen molar-refractivity contribution < 1.29 is 4.79 Å². The van der Waals surface area contributed by atoms with Crippen LogP contribution in [0, 0.1) is 0 Å². The van der Waals surface area contributed by atoms with Crippen molar-refractivity contribution in [1.82, 2.24) is 0 Å². The molecule has 0 aromatic carbocycles. The molecule has 0 saturated carbocycles. The number of carbonyl (C=O) groups is 1. The summed E-state index contributed by atoms with van der Waals surface area (Å²) in [5, 5.41) is 0. The molecule has 0 rings (SSSR count). The largest absolute Gasteiger partial charge is 0.366 e. The summed E-state index contributed by atoms with van der Waals surface area (Å²) in [6, 6.07) is 0. The molecular formula is C10H19NO. The second kappa shape index (κ2) is 8.31. The molecule has 0 spiro atoms. The molecule has 0 heterocycles. The van der Waals surface area contributed by atoms with Crippen LogP contribution in [0.3, 0.4) is 0 Å². The molecule has 0 aromatic heterocycles. The van der Waals surface area contributed by atoms with Gasteiger partial charge in [0.05, 0.1) is 0 Å². The number of unbranched alkanes of at least 4 members (excludes halogenated alkanes) is 5. The molecule has 2 N–H and O–H groups in total. The lowest BCUT2D eigenvalue weighted by molar-refractivity contribution is -0.113. The highest BCUT2D eigenvalue weighted by atomic mass is 16.1. The first kappa shape index (κ1) is 11.2. The van der Waals surface area contributed by atoms with Crippen molar-refractivity contribution in [3.8, 4) is 0 Å². The summed E-state index contributed by atoms with van der Waals surface area (Å²) in [6.45, 7) is 2.20. The SMILES string of the molecule is CCCCCCCC=CC(N)=O. The maximum atomic E-state index is 10.3. The Hall–Kier alpha value is -0.790. The van der Waals surface area contributed by atoms with E-state index in [-0.39, 0.29) is 5.91 Å². The van der Waals surface area contributed by atoms with Crippen molar-refractivity contribution in [1.29, 1.82) is 0 Å². The van der Waals surface area contributed by atoms with E-state index in [1.165, 1.54) is 38.2 Å². The Balaban J connectivity index is 3.05. The van der Waals surface area contributed by atoms with Crippen LogP contribution in [0.4, 0.5) is 0 Å². The number of allylic oxidation sites excluding steroid dienone is 1. The van der Waals surface area contributed by atoms with Gasteiger partial charge in [0.15, 0.2) is 0 Å². The first-order valence-corrected chi connectivity index (χ1v) is 4.73. The Morgan fingerprint density at radius 3 is 2.50 bits per heavy atom. The standard InChI is InChI=1S/C10H19NO/c1-2-3-4-5-6-7-8-9-10(11)12/h8-9H,2-7H2,1H3,(H2,11,12). The summed E-state index contributed by atoms with van der Waals surface area (Å²) in [6.07, 6.45) is 10.6. The molecule has 2 heteroatoms. The molecular weight excluding hydrogens is 150 g/mol. The predicted octanol–water partition coefficient (Wildman–Crippen LogP) is 2.39. The van der Waals surface area contributed by atoms with Crippen LogP contribution in [-0.2, 0) is 4.79 Å². The molecule has 1 amide bonds. The highest BCUT2D eigenvalue weighted by Gasteiger charge is 1.87. The van der Waals surface area contributed by atoms with E-state index in [1.807, 2.05) is 6.08 Å². The van der Waals surface area contributed by atoms with E-state index in [4.69, 9.17) is 5.73 Å². The van der Waals surface area contributed by atoms with Gasteiger partial charge in [0, 0.05) is 0 Å². The molecule has 2 nitrogen and oxygen atoms in total. The Kier molecular flexibility index (Phi) is 7.76. The average molecular weight is 169 g/mol. The smallest absolute Gasteiger partial charge is 0.241 e. The maximum absolute atomic E-state index is 10.3. The molecule has 0 fully saturated rings. The minimum Gasteiger partial charge on any atom is -0.366 e. The van der Waals surface area contributed by atoms with Crippen LogP contribution in [0.15, 0.2) is 12.2 Å². The summed E-state index contributed by atoms with van der Waals surface area (Å²) in [5.74, 6) is -0.344. The van der Waals surface area contributed by atoms with E-state index in [0.29, 0.717) is 0 Å². The molecule has 0 aliphatic rings. The van der Waals surface area contributed by atoms with Crippen molar-refractivity contribution in [3.63, 3.8) is 0 Å². The number of primary amides is 1. The lowest BCUT2D eigenvalue weighted by Crippen LogP contribution is -2.05. The van der Waals surface area contributed by atoms with Gasteiger partial charge in [0.25, 0.3) is 0 Å². The molecule has 0 aliphatic carbocycles. The Labute approximate surface area is 74.8 Å². The van der Waals surface area contributed by atoms with Gasteiger partial charge < -0.3 is 5.73 Å². The maximum Gasteiger partial charge on any atom is 0.241 e. The lowest BCUT2D eigenvalue weighted by Gasteiger charge is -1.95. The normalized spacial score (nSPS) is 10.8. The fourth-order valence-corrected chi connectivity index (χ4v) is 1.07. The molecule has 0 bridgehead atoms. The van der Waals surface area contributed by atoms with Gasteiger partial charge in [-0.05, 0) is 18.9 Å². The Bertz CT molecular complexity index is 141. The second-order valence-electron chi connectivity index (χ2n) is 3.01. The van der Waals surface area contributed by atoms with E-state index < -0.39 is 0 Å².